The molecule has 0 unspecified atom stereocenters. The monoisotopic (exact) mass is 348 g/mol. The molecule has 0 aliphatic heterocycles. The molecule has 0 aromatic heterocycles. The highest BCUT2D eigenvalue weighted by Crippen LogP contribution is 2.21. The summed E-state index contributed by atoms with van der Waals surface area (Å²) in [5.41, 5.74) is 2.65. The minimum absolute atomic E-state index is 0.0232. The first kappa shape index (κ1) is 15.2. The first-order valence-electron chi connectivity index (χ1n) is 6.23. The minimum atomic E-state index is -0.477. The Labute approximate surface area is 130 Å². The van der Waals surface area contributed by atoms with Crippen LogP contribution in [-0.2, 0) is 5.33 Å². The number of anilines is 1. The van der Waals surface area contributed by atoms with E-state index in [-0.39, 0.29) is 11.6 Å². The number of carbonyl (C=O) groups excluding carboxylic acids is 1. The van der Waals surface area contributed by atoms with Gasteiger partial charge in [-0.25, -0.2) is 0 Å². The maximum atomic E-state index is 12.3. The fraction of sp³-hybridized carbons (Fsp3) is 0.133. The zero-order valence-electron chi connectivity index (χ0n) is 11.3. The molecule has 1 amide bonds. The predicted octanol–water partition coefficient (Wildman–Crippen LogP) is 4.05. The van der Waals surface area contributed by atoms with E-state index in [1.807, 2.05) is 24.3 Å². The lowest BCUT2D eigenvalue weighted by molar-refractivity contribution is -0.384. The molecule has 0 atom stereocenters. The predicted molar refractivity (Wildman–Crippen MR) is 84.9 cm³/mol. The van der Waals surface area contributed by atoms with Crippen LogP contribution in [0.4, 0.5) is 11.4 Å². The fourth-order valence-corrected chi connectivity index (χ4v) is 2.45. The molecule has 1 N–H and O–H groups in total. The number of aryl methyl sites for hydroxylation is 1. The summed E-state index contributed by atoms with van der Waals surface area (Å²) in [5.74, 6) is -0.282. The molecule has 2 aromatic carbocycles. The summed E-state index contributed by atoms with van der Waals surface area (Å²) >= 11 is 3.37. The van der Waals surface area contributed by atoms with Crippen molar-refractivity contribution in [2.45, 2.75) is 12.3 Å². The zero-order chi connectivity index (χ0) is 15.4. The smallest absolute Gasteiger partial charge is 0.269 e. The first-order valence-corrected chi connectivity index (χ1v) is 7.35. The third-order valence-electron chi connectivity index (χ3n) is 3.07. The molecule has 0 saturated carbocycles. The van der Waals surface area contributed by atoms with E-state index in [1.54, 1.807) is 6.92 Å². The molecule has 2 aromatic rings. The van der Waals surface area contributed by atoms with Gasteiger partial charge in [0.15, 0.2) is 0 Å². The van der Waals surface area contributed by atoms with Crippen LogP contribution in [0.2, 0.25) is 0 Å². The van der Waals surface area contributed by atoms with Crippen molar-refractivity contribution in [2.75, 3.05) is 5.32 Å². The number of nitro groups is 1. The Morgan fingerprint density at radius 3 is 2.62 bits per heavy atom. The van der Waals surface area contributed by atoms with Gasteiger partial charge in [-0.15, -0.1) is 0 Å². The number of nitrogens with one attached hydrogen (secondary N) is 1. The number of para-hydroxylation sites is 1. The van der Waals surface area contributed by atoms with Crippen LogP contribution in [0, 0.1) is 17.0 Å². The second kappa shape index (κ2) is 6.49. The Morgan fingerprint density at radius 2 is 2.00 bits per heavy atom. The van der Waals surface area contributed by atoms with Gasteiger partial charge in [-0.1, -0.05) is 34.1 Å². The molecule has 0 fully saturated rings. The number of benzene rings is 2. The highest BCUT2D eigenvalue weighted by molar-refractivity contribution is 9.08. The number of alkyl halides is 1. The lowest BCUT2D eigenvalue weighted by atomic mass is 10.1. The van der Waals surface area contributed by atoms with Gasteiger partial charge in [0.05, 0.1) is 4.92 Å². The Bertz CT molecular complexity index is 701. The van der Waals surface area contributed by atoms with E-state index in [4.69, 9.17) is 0 Å². The molecule has 21 heavy (non-hydrogen) atoms. The van der Waals surface area contributed by atoms with Gasteiger partial charge in [-0.2, -0.15) is 0 Å². The average molecular weight is 349 g/mol. The summed E-state index contributed by atoms with van der Waals surface area (Å²) in [6.07, 6.45) is 0. The lowest BCUT2D eigenvalue weighted by Gasteiger charge is -2.10. The van der Waals surface area contributed by atoms with Crippen LogP contribution >= 0.6 is 15.9 Å². The number of hydrogen-bond acceptors (Lipinski definition) is 3. The van der Waals surface area contributed by atoms with E-state index >= 15 is 0 Å². The maximum Gasteiger partial charge on any atom is 0.269 e. The quantitative estimate of drug-likeness (QED) is 0.514. The van der Waals surface area contributed by atoms with E-state index in [0.717, 1.165) is 11.3 Å². The molecule has 0 radical (unpaired) electrons. The van der Waals surface area contributed by atoms with E-state index < -0.39 is 4.92 Å². The molecule has 2 rings (SSSR count). The van der Waals surface area contributed by atoms with Crippen molar-refractivity contribution in [1.82, 2.24) is 0 Å². The standard InChI is InChI=1S/C15H13BrN2O3/c1-10-8-12(18(20)21)6-7-13(10)15(19)17-14-5-3-2-4-11(14)9-16/h2-8H,9H2,1H3,(H,17,19). The number of amides is 1. The normalized spacial score (nSPS) is 10.2. The molecule has 0 aliphatic carbocycles. The summed E-state index contributed by atoms with van der Waals surface area (Å²) in [6, 6.07) is 11.7. The molecule has 5 nitrogen and oxygen atoms in total. The number of nitro benzene ring substituents is 1. The number of nitrogens with zero attached hydrogens (tertiary/aromatic N) is 1. The first-order chi connectivity index (χ1) is 10.0. The maximum absolute atomic E-state index is 12.3. The molecular weight excluding hydrogens is 336 g/mol. The van der Waals surface area contributed by atoms with E-state index in [2.05, 4.69) is 21.2 Å². The molecule has 0 aliphatic rings. The number of hydrogen-bond donors (Lipinski definition) is 1. The zero-order valence-corrected chi connectivity index (χ0v) is 12.9. The fourth-order valence-electron chi connectivity index (χ4n) is 1.96. The van der Waals surface area contributed by atoms with E-state index in [1.165, 1.54) is 18.2 Å². The highest BCUT2D eigenvalue weighted by atomic mass is 79.9. The van der Waals surface area contributed by atoms with E-state index in [9.17, 15) is 14.9 Å². The van der Waals surface area contributed by atoms with Gasteiger partial charge in [-0.05, 0) is 30.2 Å². The van der Waals surface area contributed by atoms with Crippen LogP contribution in [-0.4, -0.2) is 10.8 Å². The SMILES string of the molecule is Cc1cc([N+](=O)[O-])ccc1C(=O)Nc1ccccc1CBr. The number of non-ortho nitro benzene ring substituents is 1. The largest absolute Gasteiger partial charge is 0.322 e. The molecular formula is C15H13BrN2O3. The van der Waals surface area contributed by atoms with Gasteiger partial charge in [0.1, 0.15) is 0 Å². The summed E-state index contributed by atoms with van der Waals surface area (Å²) in [6.45, 7) is 1.68. The topological polar surface area (TPSA) is 72.2 Å². The lowest BCUT2D eigenvalue weighted by Crippen LogP contribution is -2.14. The summed E-state index contributed by atoms with van der Waals surface area (Å²) in [5, 5.41) is 14.2. The Balaban J connectivity index is 2.26. The van der Waals surface area contributed by atoms with Gasteiger partial charge in [0, 0.05) is 28.7 Å². The van der Waals surface area contributed by atoms with Crippen molar-refractivity contribution in [2.24, 2.45) is 0 Å². The molecule has 6 heteroatoms. The van der Waals surface area contributed by atoms with Gasteiger partial charge in [-0.3, -0.25) is 14.9 Å². The molecule has 0 saturated heterocycles. The van der Waals surface area contributed by atoms with Crippen molar-refractivity contribution < 1.29 is 9.72 Å². The molecule has 0 bridgehead atoms. The molecule has 0 spiro atoms. The minimum Gasteiger partial charge on any atom is -0.322 e. The third-order valence-corrected chi connectivity index (χ3v) is 3.68. The third kappa shape index (κ3) is 3.46. The Kier molecular flexibility index (Phi) is 4.70. The Morgan fingerprint density at radius 1 is 1.29 bits per heavy atom. The van der Waals surface area contributed by atoms with Crippen LogP contribution in [0.3, 0.4) is 0 Å². The summed E-state index contributed by atoms with van der Waals surface area (Å²) < 4.78 is 0. The van der Waals surface area contributed by atoms with Crippen LogP contribution < -0.4 is 5.32 Å². The van der Waals surface area contributed by atoms with Crippen LogP contribution in [0.1, 0.15) is 21.5 Å². The second-order valence-electron chi connectivity index (χ2n) is 4.50. The van der Waals surface area contributed by atoms with Crippen LogP contribution in [0.5, 0.6) is 0 Å². The highest BCUT2D eigenvalue weighted by Gasteiger charge is 2.14. The van der Waals surface area contributed by atoms with Crippen molar-refractivity contribution in [1.29, 1.82) is 0 Å². The Hall–Kier alpha value is -2.21. The van der Waals surface area contributed by atoms with Crippen molar-refractivity contribution >= 4 is 33.2 Å². The molecule has 0 heterocycles. The van der Waals surface area contributed by atoms with Crippen molar-refractivity contribution in [3.8, 4) is 0 Å². The van der Waals surface area contributed by atoms with Crippen molar-refractivity contribution in [3.63, 3.8) is 0 Å². The van der Waals surface area contributed by atoms with Gasteiger partial charge >= 0.3 is 0 Å². The van der Waals surface area contributed by atoms with Crippen LogP contribution in [0.25, 0.3) is 0 Å². The molecule has 108 valence electrons. The summed E-state index contributed by atoms with van der Waals surface area (Å²) in [4.78, 5) is 22.5. The second-order valence-corrected chi connectivity index (χ2v) is 5.06. The van der Waals surface area contributed by atoms with Gasteiger partial charge < -0.3 is 5.32 Å². The van der Waals surface area contributed by atoms with Crippen molar-refractivity contribution in [3.05, 3.63) is 69.3 Å². The summed E-state index contributed by atoms with van der Waals surface area (Å²) in [7, 11) is 0. The van der Waals surface area contributed by atoms with Crippen LogP contribution in [0.15, 0.2) is 42.5 Å². The van der Waals surface area contributed by atoms with E-state index in [0.29, 0.717) is 16.5 Å². The van der Waals surface area contributed by atoms with Gasteiger partial charge in [0.2, 0.25) is 0 Å². The van der Waals surface area contributed by atoms with Gasteiger partial charge in [0.25, 0.3) is 11.6 Å². The number of carbonyl (C=O) groups is 1. The average Bonchev–Trinajstić information content (AvgIpc) is 2.47. The number of halogens is 1. The number of rotatable bonds is 4.